The van der Waals surface area contributed by atoms with Crippen molar-refractivity contribution in [1.82, 2.24) is 9.78 Å². The molecule has 6 nitrogen and oxygen atoms in total. The van der Waals surface area contributed by atoms with E-state index < -0.39 is 36.8 Å². The number of carboxylic acids is 1. The molecule has 0 saturated carbocycles. The Kier molecular flexibility index (Phi) is 6.25. The second-order valence-corrected chi connectivity index (χ2v) is 5.86. The first-order chi connectivity index (χ1) is 12.1. The molecule has 0 aliphatic carbocycles. The highest BCUT2D eigenvalue weighted by molar-refractivity contribution is 6.34. The number of aliphatic carboxylic acids is 1. The van der Waals surface area contributed by atoms with Crippen molar-refractivity contribution in [1.29, 1.82) is 0 Å². The summed E-state index contributed by atoms with van der Waals surface area (Å²) in [4.78, 5) is 10.7. The first kappa shape index (κ1) is 20.2. The number of hydrogen-bond acceptors (Lipinski definition) is 4. The van der Waals surface area contributed by atoms with Gasteiger partial charge in [0.1, 0.15) is 28.4 Å². The Morgan fingerprint density at radius 2 is 2.04 bits per heavy atom. The second kappa shape index (κ2) is 8.05. The molecule has 1 heterocycles. The summed E-state index contributed by atoms with van der Waals surface area (Å²) in [7, 11) is 1.29. The molecule has 1 atom stereocenters. The lowest BCUT2D eigenvalue weighted by Gasteiger charge is -2.15. The van der Waals surface area contributed by atoms with Crippen LogP contribution in [0, 0.1) is 12.7 Å². The van der Waals surface area contributed by atoms with Crippen LogP contribution in [0.3, 0.4) is 0 Å². The average molecular weight is 412 g/mol. The molecule has 1 N–H and O–H groups in total. The van der Waals surface area contributed by atoms with Gasteiger partial charge in [0.15, 0.2) is 0 Å². The number of hydrogen-bond donors (Lipinski definition) is 1. The molecule has 1 unspecified atom stereocenters. The summed E-state index contributed by atoms with van der Waals surface area (Å²) in [5.41, 5.74) is -0.376. The van der Waals surface area contributed by atoms with E-state index in [1.165, 1.54) is 7.05 Å². The van der Waals surface area contributed by atoms with E-state index in [-0.39, 0.29) is 27.1 Å². The Hall–Kier alpha value is -2.13. The van der Waals surface area contributed by atoms with E-state index in [2.05, 4.69) is 16.8 Å². The molecule has 0 spiro atoms. The van der Waals surface area contributed by atoms with E-state index in [1.54, 1.807) is 0 Å². The molecule has 0 fully saturated rings. The van der Waals surface area contributed by atoms with Gasteiger partial charge in [0.25, 0.3) is 0 Å². The fourth-order valence-corrected chi connectivity index (χ4v) is 2.59. The molecule has 1 radical (unpaired) electrons. The number of aryl methyl sites for hydroxylation is 1. The van der Waals surface area contributed by atoms with Crippen LogP contribution < -0.4 is 9.47 Å². The van der Waals surface area contributed by atoms with E-state index in [4.69, 9.17) is 33.0 Å². The van der Waals surface area contributed by atoms with E-state index >= 15 is 0 Å². The van der Waals surface area contributed by atoms with Crippen LogP contribution in [0.4, 0.5) is 13.2 Å². The maximum atomic E-state index is 14.3. The predicted octanol–water partition coefficient (Wildman–Crippen LogP) is 4.19. The zero-order valence-corrected chi connectivity index (χ0v) is 14.7. The average Bonchev–Trinajstić information content (AvgIpc) is 2.77. The van der Waals surface area contributed by atoms with Crippen molar-refractivity contribution >= 4 is 29.2 Å². The quantitative estimate of drug-likeness (QED) is 0.739. The van der Waals surface area contributed by atoms with Gasteiger partial charge in [-0.25, -0.2) is 9.07 Å². The molecule has 0 amide bonds. The van der Waals surface area contributed by atoms with Crippen LogP contribution in [0.15, 0.2) is 12.1 Å². The first-order valence-electron chi connectivity index (χ1n) is 6.98. The fourth-order valence-electron chi connectivity index (χ4n) is 2.08. The Balaban J connectivity index is 2.44. The predicted molar refractivity (Wildman–Crippen MR) is 87.3 cm³/mol. The minimum absolute atomic E-state index is 0.0673. The Morgan fingerprint density at radius 3 is 2.62 bits per heavy atom. The Bertz CT molecular complexity index is 830. The van der Waals surface area contributed by atoms with Gasteiger partial charge in [-0.05, 0) is 19.1 Å². The summed E-state index contributed by atoms with van der Waals surface area (Å²) in [6.07, 6.45) is -1.42. The van der Waals surface area contributed by atoms with Gasteiger partial charge in [-0.3, -0.25) is 4.79 Å². The number of ether oxygens (including phenoxy) is 2. The molecule has 0 aliphatic rings. The van der Waals surface area contributed by atoms with Crippen LogP contribution in [0.25, 0.3) is 11.3 Å². The molecule has 2 rings (SSSR count). The third-order valence-corrected chi connectivity index (χ3v) is 3.75. The van der Waals surface area contributed by atoms with E-state index in [0.29, 0.717) is 0 Å². The van der Waals surface area contributed by atoms with Gasteiger partial charge in [-0.2, -0.15) is 13.9 Å². The molecule has 1 aromatic heterocycles. The first-order valence-corrected chi connectivity index (χ1v) is 7.74. The molecule has 0 bridgehead atoms. The maximum absolute atomic E-state index is 14.3. The van der Waals surface area contributed by atoms with Crippen molar-refractivity contribution < 1.29 is 32.5 Å². The minimum atomic E-state index is -3.15. The number of carbonyl (C=O) groups is 1. The van der Waals surface area contributed by atoms with Gasteiger partial charge in [-0.15, -0.1) is 0 Å². The van der Waals surface area contributed by atoms with Crippen molar-refractivity contribution in [2.75, 3.05) is 0 Å². The molecule has 141 valence electrons. The van der Waals surface area contributed by atoms with E-state index in [9.17, 15) is 18.0 Å². The van der Waals surface area contributed by atoms with E-state index in [0.717, 1.165) is 16.8 Å². The summed E-state index contributed by atoms with van der Waals surface area (Å²) in [5.74, 6) is -2.51. The number of alkyl halides is 2. The lowest BCUT2D eigenvalue weighted by atomic mass is 10.1. The molecule has 11 heteroatoms. The van der Waals surface area contributed by atoms with Crippen molar-refractivity contribution in [3.05, 3.63) is 34.9 Å². The van der Waals surface area contributed by atoms with Crippen molar-refractivity contribution in [3.63, 3.8) is 0 Å². The molecule has 1 aromatic carbocycles. The normalized spacial score (nSPS) is 12.3. The van der Waals surface area contributed by atoms with Crippen LogP contribution in [-0.4, -0.2) is 33.6 Å². The molecule has 0 aliphatic heterocycles. The van der Waals surface area contributed by atoms with Crippen LogP contribution in [0.1, 0.15) is 6.42 Å². The van der Waals surface area contributed by atoms with Crippen LogP contribution in [-0.2, 0) is 11.8 Å². The number of halogens is 5. The SMILES string of the molecule is [CH2]C(CC(=O)O)Oc1cc(-c2nn(C)c(OC(F)F)c2Cl)c(F)cc1Cl. The van der Waals surface area contributed by atoms with Gasteiger partial charge in [0.05, 0.1) is 11.4 Å². The Morgan fingerprint density at radius 1 is 1.38 bits per heavy atom. The monoisotopic (exact) mass is 411 g/mol. The summed E-state index contributed by atoms with van der Waals surface area (Å²) in [6, 6.07) is 2.02. The summed E-state index contributed by atoms with van der Waals surface area (Å²) in [5, 5.41) is 12.1. The topological polar surface area (TPSA) is 73.6 Å². The van der Waals surface area contributed by atoms with Crippen LogP contribution in [0.2, 0.25) is 10.0 Å². The number of aromatic nitrogens is 2. The molecule has 2 aromatic rings. The summed E-state index contributed by atoms with van der Waals surface area (Å²) < 4.78 is 49.7. The summed E-state index contributed by atoms with van der Waals surface area (Å²) in [6.45, 7) is 0.358. The van der Waals surface area contributed by atoms with Crippen LogP contribution in [0.5, 0.6) is 11.6 Å². The Labute approximate surface area is 156 Å². The lowest BCUT2D eigenvalue weighted by molar-refractivity contribution is -0.138. The standard InChI is InChI=1S/C15H12Cl2F3N2O4/c1-6(3-11(23)24)25-10-4-7(9(18)5-8(10)16)13-12(17)14(22(2)21-13)26-15(19)20/h4-6,15H,1,3H2,2H3,(H,23,24). The fraction of sp³-hybridized carbons (Fsp3) is 0.267. The highest BCUT2D eigenvalue weighted by Gasteiger charge is 2.24. The van der Waals surface area contributed by atoms with Gasteiger partial charge in [-0.1, -0.05) is 23.2 Å². The van der Waals surface area contributed by atoms with Crippen LogP contribution >= 0.6 is 23.2 Å². The highest BCUT2D eigenvalue weighted by Crippen LogP contribution is 2.40. The number of rotatable bonds is 7. The second-order valence-electron chi connectivity index (χ2n) is 5.07. The zero-order chi connectivity index (χ0) is 19.6. The minimum Gasteiger partial charge on any atom is -0.488 e. The summed E-state index contributed by atoms with van der Waals surface area (Å²) >= 11 is 11.9. The molecular weight excluding hydrogens is 400 g/mol. The smallest absolute Gasteiger partial charge is 0.388 e. The van der Waals surface area contributed by atoms with Crippen molar-refractivity contribution in [3.8, 4) is 22.9 Å². The molecule has 26 heavy (non-hydrogen) atoms. The van der Waals surface area contributed by atoms with Gasteiger partial charge in [0, 0.05) is 12.6 Å². The molecule has 0 saturated heterocycles. The number of carboxylic acid groups (broad SMARTS) is 1. The van der Waals surface area contributed by atoms with Gasteiger partial charge in [0.2, 0.25) is 5.88 Å². The number of benzene rings is 1. The highest BCUT2D eigenvalue weighted by atomic mass is 35.5. The largest absolute Gasteiger partial charge is 0.488 e. The van der Waals surface area contributed by atoms with Crippen molar-refractivity contribution in [2.45, 2.75) is 19.1 Å². The molecular formula is C15H12Cl2F3N2O4. The lowest BCUT2D eigenvalue weighted by Crippen LogP contribution is -2.17. The van der Waals surface area contributed by atoms with Crippen molar-refractivity contribution in [2.24, 2.45) is 7.05 Å². The zero-order valence-electron chi connectivity index (χ0n) is 13.2. The third-order valence-electron chi connectivity index (χ3n) is 3.11. The van der Waals surface area contributed by atoms with E-state index in [1.807, 2.05) is 0 Å². The third kappa shape index (κ3) is 4.53. The van der Waals surface area contributed by atoms with Gasteiger partial charge >= 0.3 is 12.6 Å². The number of nitrogens with zero attached hydrogens (tertiary/aromatic N) is 2. The van der Waals surface area contributed by atoms with Gasteiger partial charge < -0.3 is 14.6 Å². The maximum Gasteiger partial charge on any atom is 0.388 e.